The predicted octanol–water partition coefficient (Wildman–Crippen LogP) is 5.86. The van der Waals surface area contributed by atoms with E-state index in [-0.39, 0.29) is 24.4 Å². The average Bonchev–Trinajstić information content (AvgIpc) is 3.58. The van der Waals surface area contributed by atoms with Gasteiger partial charge < -0.3 is 19.7 Å². The summed E-state index contributed by atoms with van der Waals surface area (Å²) in [5.41, 5.74) is 1.11. The number of hydrogen-bond donors (Lipinski definition) is 1. The highest BCUT2D eigenvalue weighted by molar-refractivity contribution is 7.09. The van der Waals surface area contributed by atoms with Crippen LogP contribution in [0.25, 0.3) is 0 Å². The summed E-state index contributed by atoms with van der Waals surface area (Å²) >= 11 is 7.69. The Balaban J connectivity index is 1.75. The Kier molecular flexibility index (Phi) is 8.31. The second-order valence-corrected chi connectivity index (χ2v) is 9.99. The van der Waals surface area contributed by atoms with Crippen LogP contribution in [0, 0.1) is 0 Å². The summed E-state index contributed by atoms with van der Waals surface area (Å²) in [6.07, 6.45) is 4.10. The van der Waals surface area contributed by atoms with Crippen LogP contribution in [0.5, 0.6) is 11.5 Å². The number of halogens is 1. The molecule has 0 bridgehead atoms. The van der Waals surface area contributed by atoms with E-state index in [1.807, 2.05) is 29.6 Å². The van der Waals surface area contributed by atoms with E-state index in [0.717, 1.165) is 30.6 Å². The molecule has 0 aliphatic heterocycles. The Morgan fingerprint density at radius 1 is 1.06 bits per heavy atom. The molecular weight excluding hydrogens is 484 g/mol. The molecule has 1 N–H and O–H groups in total. The third-order valence-corrected chi connectivity index (χ3v) is 7.36. The van der Waals surface area contributed by atoms with Gasteiger partial charge in [0.2, 0.25) is 5.91 Å². The van der Waals surface area contributed by atoms with Gasteiger partial charge in [-0.15, -0.1) is 11.3 Å². The first-order valence-electron chi connectivity index (χ1n) is 11.6. The second-order valence-electron chi connectivity index (χ2n) is 8.53. The van der Waals surface area contributed by atoms with E-state index in [4.69, 9.17) is 21.1 Å². The fourth-order valence-corrected chi connectivity index (χ4v) is 5.28. The smallest absolute Gasteiger partial charge is 0.255 e. The molecule has 1 fully saturated rings. The van der Waals surface area contributed by atoms with Crippen molar-refractivity contribution in [3.05, 3.63) is 81.0 Å². The minimum Gasteiger partial charge on any atom is -0.493 e. The van der Waals surface area contributed by atoms with Crippen molar-refractivity contribution in [1.82, 2.24) is 10.2 Å². The molecule has 2 amide bonds. The highest BCUT2D eigenvalue weighted by Crippen LogP contribution is 2.32. The van der Waals surface area contributed by atoms with Gasteiger partial charge in [-0.05, 0) is 60.2 Å². The molecule has 35 heavy (non-hydrogen) atoms. The molecule has 1 atom stereocenters. The quantitative estimate of drug-likeness (QED) is 0.390. The third-order valence-electron chi connectivity index (χ3n) is 6.24. The number of methoxy groups -OCH3 is 2. The molecule has 1 aliphatic rings. The predicted molar refractivity (Wildman–Crippen MR) is 138 cm³/mol. The van der Waals surface area contributed by atoms with Gasteiger partial charge in [0.1, 0.15) is 6.04 Å². The van der Waals surface area contributed by atoms with Crippen LogP contribution in [0.4, 0.5) is 0 Å². The molecule has 1 aliphatic carbocycles. The fraction of sp³-hybridized carbons (Fsp3) is 0.333. The first kappa shape index (κ1) is 25.1. The van der Waals surface area contributed by atoms with Gasteiger partial charge in [-0.1, -0.05) is 42.6 Å². The lowest BCUT2D eigenvalue weighted by Crippen LogP contribution is -2.45. The summed E-state index contributed by atoms with van der Waals surface area (Å²) in [6.45, 7) is 0.288. The van der Waals surface area contributed by atoms with E-state index in [9.17, 15) is 9.59 Å². The SMILES string of the molecule is COc1ccc(C(=O)N(Cc2cccs2)C(C(=O)NC2CCCC2)c2ccc(Cl)cc2)cc1OC. The van der Waals surface area contributed by atoms with Crippen LogP contribution in [0.3, 0.4) is 0 Å². The van der Waals surface area contributed by atoms with Gasteiger partial charge in [-0.25, -0.2) is 0 Å². The summed E-state index contributed by atoms with van der Waals surface area (Å²) in [5, 5.41) is 5.72. The van der Waals surface area contributed by atoms with Crippen molar-refractivity contribution in [2.24, 2.45) is 0 Å². The van der Waals surface area contributed by atoms with Crippen LogP contribution in [0.1, 0.15) is 52.5 Å². The van der Waals surface area contributed by atoms with Crippen molar-refractivity contribution < 1.29 is 19.1 Å². The summed E-state index contributed by atoms with van der Waals surface area (Å²) in [7, 11) is 3.08. The molecule has 6 nitrogen and oxygen atoms in total. The van der Waals surface area contributed by atoms with Crippen molar-refractivity contribution in [2.75, 3.05) is 14.2 Å². The van der Waals surface area contributed by atoms with Gasteiger partial charge in [0.25, 0.3) is 5.91 Å². The number of nitrogens with one attached hydrogen (secondary N) is 1. The summed E-state index contributed by atoms with van der Waals surface area (Å²) < 4.78 is 10.8. The van der Waals surface area contributed by atoms with Gasteiger partial charge in [0, 0.05) is 21.5 Å². The molecule has 0 spiro atoms. The van der Waals surface area contributed by atoms with Gasteiger partial charge in [0.05, 0.1) is 20.8 Å². The molecule has 1 heterocycles. The monoisotopic (exact) mass is 512 g/mol. The zero-order valence-electron chi connectivity index (χ0n) is 19.8. The maximum absolute atomic E-state index is 14.0. The van der Waals surface area contributed by atoms with E-state index < -0.39 is 6.04 Å². The van der Waals surface area contributed by atoms with Crippen molar-refractivity contribution in [2.45, 2.75) is 44.3 Å². The number of ether oxygens (including phenoxy) is 2. The van der Waals surface area contributed by atoms with E-state index in [0.29, 0.717) is 27.6 Å². The number of carbonyl (C=O) groups is 2. The van der Waals surface area contributed by atoms with Crippen LogP contribution in [0.15, 0.2) is 60.0 Å². The summed E-state index contributed by atoms with van der Waals surface area (Å²) in [6, 6.07) is 15.4. The first-order valence-corrected chi connectivity index (χ1v) is 12.9. The molecule has 8 heteroatoms. The van der Waals surface area contributed by atoms with Crippen LogP contribution in [-0.2, 0) is 11.3 Å². The van der Waals surface area contributed by atoms with E-state index in [1.54, 1.807) is 53.7 Å². The van der Waals surface area contributed by atoms with E-state index >= 15 is 0 Å². The lowest BCUT2D eigenvalue weighted by atomic mass is 10.0. The Morgan fingerprint density at radius 2 is 1.77 bits per heavy atom. The lowest BCUT2D eigenvalue weighted by Gasteiger charge is -2.32. The van der Waals surface area contributed by atoms with E-state index in [2.05, 4.69) is 5.32 Å². The number of amides is 2. The van der Waals surface area contributed by atoms with Gasteiger partial charge >= 0.3 is 0 Å². The Bertz CT molecular complexity index is 1140. The number of hydrogen-bond acceptors (Lipinski definition) is 5. The maximum atomic E-state index is 14.0. The first-order chi connectivity index (χ1) is 17.0. The highest BCUT2D eigenvalue weighted by Gasteiger charge is 2.34. The summed E-state index contributed by atoms with van der Waals surface area (Å²) in [4.78, 5) is 30.3. The van der Waals surface area contributed by atoms with Gasteiger partial charge in [0.15, 0.2) is 11.5 Å². The lowest BCUT2D eigenvalue weighted by molar-refractivity contribution is -0.126. The fourth-order valence-electron chi connectivity index (χ4n) is 4.45. The molecule has 1 aromatic heterocycles. The number of thiophene rings is 1. The van der Waals surface area contributed by atoms with Gasteiger partial charge in [-0.3, -0.25) is 9.59 Å². The summed E-state index contributed by atoms with van der Waals surface area (Å²) in [5.74, 6) is 0.514. The average molecular weight is 513 g/mol. The van der Waals surface area contributed by atoms with Gasteiger partial charge in [-0.2, -0.15) is 0 Å². The molecule has 0 saturated heterocycles. The van der Waals surface area contributed by atoms with E-state index in [1.165, 1.54) is 7.11 Å². The molecule has 184 valence electrons. The molecule has 0 radical (unpaired) electrons. The van der Waals surface area contributed by atoms with Crippen LogP contribution in [-0.4, -0.2) is 37.0 Å². The molecule has 4 rings (SSSR count). The molecular formula is C27H29ClN2O4S. The van der Waals surface area contributed by atoms with Crippen molar-refractivity contribution >= 4 is 34.8 Å². The van der Waals surface area contributed by atoms with Crippen LogP contribution >= 0.6 is 22.9 Å². The standard InChI is InChI=1S/C27H29ClN2O4S/c1-33-23-14-11-19(16-24(23)34-2)27(32)30(17-22-8-5-15-35-22)25(18-9-12-20(28)13-10-18)26(31)29-21-6-3-4-7-21/h5,8-16,21,25H,3-4,6-7,17H2,1-2H3,(H,29,31). The molecule has 2 aromatic carbocycles. The zero-order chi connectivity index (χ0) is 24.8. The Morgan fingerprint density at radius 3 is 2.40 bits per heavy atom. The Labute approximate surface area is 214 Å². The number of benzene rings is 2. The number of rotatable bonds is 9. The zero-order valence-corrected chi connectivity index (χ0v) is 21.4. The van der Waals surface area contributed by atoms with Crippen molar-refractivity contribution in [3.63, 3.8) is 0 Å². The van der Waals surface area contributed by atoms with Crippen molar-refractivity contribution in [1.29, 1.82) is 0 Å². The Hall–Kier alpha value is -3.03. The molecule has 3 aromatic rings. The minimum absolute atomic E-state index is 0.122. The molecule has 1 saturated carbocycles. The number of carbonyl (C=O) groups excluding carboxylic acids is 2. The second kappa shape index (κ2) is 11.6. The largest absolute Gasteiger partial charge is 0.493 e. The maximum Gasteiger partial charge on any atom is 0.255 e. The van der Waals surface area contributed by atoms with Crippen LogP contribution < -0.4 is 14.8 Å². The molecule has 1 unspecified atom stereocenters. The topological polar surface area (TPSA) is 67.9 Å². The highest BCUT2D eigenvalue weighted by atomic mass is 35.5. The van der Waals surface area contributed by atoms with Crippen LogP contribution in [0.2, 0.25) is 5.02 Å². The van der Waals surface area contributed by atoms with Crippen molar-refractivity contribution in [3.8, 4) is 11.5 Å². The minimum atomic E-state index is -0.824. The number of nitrogens with zero attached hydrogens (tertiary/aromatic N) is 1. The normalized spacial score (nSPS) is 14.4. The third kappa shape index (κ3) is 5.97.